The van der Waals surface area contributed by atoms with Gasteiger partial charge in [0, 0.05) is 5.02 Å². The molecule has 0 bridgehead atoms. The molecule has 0 unspecified atom stereocenters. The van der Waals surface area contributed by atoms with E-state index in [2.05, 4.69) is 55.5 Å². The number of aryl methyl sites for hydroxylation is 1. The molecule has 0 saturated heterocycles. The van der Waals surface area contributed by atoms with Gasteiger partial charge in [0.15, 0.2) is 0 Å². The molecule has 2 N–H and O–H groups in total. The Morgan fingerprint density at radius 1 is 0.636 bits per heavy atom. The van der Waals surface area contributed by atoms with Crippen LogP contribution in [0.15, 0.2) is 109 Å². The largest absolute Gasteiger partial charge is 0.488 e. The van der Waals surface area contributed by atoms with Crippen LogP contribution in [0.2, 0.25) is 5.02 Å². The lowest BCUT2D eigenvalue weighted by molar-refractivity contribution is -0.137. The lowest BCUT2D eigenvalue weighted by atomic mass is 9.81. The normalized spacial score (nSPS) is 10.3. The molecule has 4 aromatic carbocycles. The van der Waals surface area contributed by atoms with Crippen LogP contribution in [-0.2, 0) is 6.18 Å². The maximum absolute atomic E-state index is 11.9. The molecule has 33 heavy (non-hydrogen) atoms. The molecule has 0 aliphatic rings. The third-order valence-electron chi connectivity index (χ3n) is 4.43. The van der Waals surface area contributed by atoms with E-state index in [1.807, 2.05) is 12.1 Å². The predicted octanol–water partition coefficient (Wildman–Crippen LogP) is 6.39. The van der Waals surface area contributed by atoms with E-state index >= 15 is 0 Å². The topological polar surface area (TPSA) is 40.5 Å². The number of rotatable bonds is 2. The first-order valence-corrected chi connectivity index (χ1v) is 10.4. The highest BCUT2D eigenvalue weighted by molar-refractivity contribution is 6.58. The van der Waals surface area contributed by atoms with Gasteiger partial charge in [-0.2, -0.15) is 13.2 Å². The Hall–Kier alpha value is -3.06. The molecule has 4 rings (SSSR count). The third kappa shape index (κ3) is 9.54. The average molecular weight is 471 g/mol. The summed E-state index contributed by atoms with van der Waals surface area (Å²) < 4.78 is 35.6. The van der Waals surface area contributed by atoms with E-state index in [1.165, 1.54) is 28.8 Å². The summed E-state index contributed by atoms with van der Waals surface area (Å²) in [5.41, 5.74) is 3.72. The smallest absolute Gasteiger partial charge is 0.423 e. The summed E-state index contributed by atoms with van der Waals surface area (Å²) in [5.74, 6) is 0. The van der Waals surface area contributed by atoms with Crippen molar-refractivity contribution in [3.63, 3.8) is 0 Å². The van der Waals surface area contributed by atoms with E-state index in [0.717, 1.165) is 12.1 Å². The highest BCUT2D eigenvalue weighted by Crippen LogP contribution is 2.29. The SMILES string of the molecule is Cc1ccc(-c2ccccc2)cc1.FC(F)(F)c1ccc(Cl)cc1.OB(O)c1ccccc1. The first-order valence-electron chi connectivity index (χ1n) is 10.0. The molecular formula is C26H23BClF3O2. The van der Waals surface area contributed by atoms with Gasteiger partial charge in [-0.15, -0.1) is 0 Å². The average Bonchev–Trinajstić information content (AvgIpc) is 2.81. The summed E-state index contributed by atoms with van der Waals surface area (Å²) in [6.07, 6.45) is -4.27. The number of hydrogen-bond donors (Lipinski definition) is 2. The predicted molar refractivity (Wildman–Crippen MR) is 129 cm³/mol. The quantitative estimate of drug-likeness (QED) is 0.333. The molecule has 0 saturated carbocycles. The fourth-order valence-electron chi connectivity index (χ4n) is 2.64. The minimum atomic E-state index is -4.27. The van der Waals surface area contributed by atoms with Crippen LogP contribution in [0.4, 0.5) is 13.2 Å². The highest BCUT2D eigenvalue weighted by atomic mass is 35.5. The van der Waals surface area contributed by atoms with Gasteiger partial charge in [-0.1, -0.05) is 102 Å². The molecule has 0 aromatic heterocycles. The van der Waals surface area contributed by atoms with Gasteiger partial charge in [-0.3, -0.25) is 0 Å². The Bertz CT molecular complexity index is 1070. The second-order valence-corrected chi connectivity index (χ2v) is 7.46. The summed E-state index contributed by atoms with van der Waals surface area (Å²) in [7, 11) is -1.34. The van der Waals surface area contributed by atoms with Crippen LogP contribution in [0.3, 0.4) is 0 Å². The molecule has 7 heteroatoms. The van der Waals surface area contributed by atoms with Crippen molar-refractivity contribution >= 4 is 24.2 Å². The maximum atomic E-state index is 11.9. The van der Waals surface area contributed by atoms with Crippen LogP contribution < -0.4 is 5.46 Å². The summed E-state index contributed by atoms with van der Waals surface area (Å²) >= 11 is 5.39. The lowest BCUT2D eigenvalue weighted by Crippen LogP contribution is -2.29. The molecule has 0 fully saturated rings. The van der Waals surface area contributed by atoms with Gasteiger partial charge in [0.05, 0.1) is 5.56 Å². The van der Waals surface area contributed by atoms with Crippen molar-refractivity contribution in [2.24, 2.45) is 0 Å². The van der Waals surface area contributed by atoms with E-state index < -0.39 is 18.9 Å². The minimum absolute atomic E-state index is 0.304. The van der Waals surface area contributed by atoms with Crippen LogP contribution in [0.1, 0.15) is 11.1 Å². The van der Waals surface area contributed by atoms with E-state index in [-0.39, 0.29) is 0 Å². The fourth-order valence-corrected chi connectivity index (χ4v) is 2.77. The van der Waals surface area contributed by atoms with Crippen LogP contribution in [0.25, 0.3) is 11.1 Å². The van der Waals surface area contributed by atoms with Gasteiger partial charge in [0.2, 0.25) is 0 Å². The molecule has 0 amide bonds. The van der Waals surface area contributed by atoms with Crippen LogP contribution >= 0.6 is 11.6 Å². The standard InChI is InChI=1S/C13H12.C7H4ClF3.C6H7BO2/c1-11-7-9-13(10-8-11)12-5-3-2-4-6-12;8-6-3-1-5(2-4-6)7(9,10)11;8-7(9)6-4-2-1-3-5-6/h2-10H,1H3;1-4H;1-5,8-9H. The number of halogens is 4. The van der Waals surface area contributed by atoms with Crippen molar-refractivity contribution in [1.29, 1.82) is 0 Å². The van der Waals surface area contributed by atoms with E-state index in [9.17, 15) is 13.2 Å². The first kappa shape index (κ1) is 26.2. The monoisotopic (exact) mass is 470 g/mol. The Morgan fingerprint density at radius 2 is 1.09 bits per heavy atom. The zero-order valence-corrected chi connectivity index (χ0v) is 18.6. The van der Waals surface area contributed by atoms with Crippen molar-refractivity contribution < 1.29 is 23.2 Å². The summed E-state index contributed by atoms with van der Waals surface area (Å²) in [5, 5.41) is 17.5. The Labute approximate surface area is 197 Å². The zero-order chi connectivity index (χ0) is 24.3. The summed E-state index contributed by atoms with van der Waals surface area (Å²) in [6, 6.07) is 32.0. The second-order valence-electron chi connectivity index (χ2n) is 7.02. The Morgan fingerprint density at radius 3 is 1.52 bits per heavy atom. The molecule has 0 aliphatic carbocycles. The molecule has 2 nitrogen and oxygen atoms in total. The first-order chi connectivity index (χ1) is 15.7. The van der Waals surface area contributed by atoms with Crippen molar-refractivity contribution in [2.75, 3.05) is 0 Å². The molecule has 4 aromatic rings. The summed E-state index contributed by atoms with van der Waals surface area (Å²) in [4.78, 5) is 0. The van der Waals surface area contributed by atoms with E-state index in [0.29, 0.717) is 10.5 Å². The molecule has 0 aliphatic heterocycles. The van der Waals surface area contributed by atoms with Crippen molar-refractivity contribution in [1.82, 2.24) is 0 Å². The number of benzene rings is 4. The highest BCUT2D eigenvalue weighted by Gasteiger charge is 2.29. The molecule has 0 atom stereocenters. The van der Waals surface area contributed by atoms with Gasteiger partial charge in [-0.25, -0.2) is 0 Å². The Balaban J connectivity index is 0.000000178. The Kier molecular flexibility index (Phi) is 10.2. The maximum Gasteiger partial charge on any atom is 0.488 e. The van der Waals surface area contributed by atoms with Crippen molar-refractivity contribution in [3.8, 4) is 11.1 Å². The van der Waals surface area contributed by atoms with Crippen LogP contribution in [0.5, 0.6) is 0 Å². The van der Waals surface area contributed by atoms with E-state index in [1.54, 1.807) is 24.3 Å². The number of alkyl halides is 3. The second kappa shape index (κ2) is 12.8. The van der Waals surface area contributed by atoms with Gasteiger partial charge in [0.25, 0.3) is 0 Å². The zero-order valence-electron chi connectivity index (χ0n) is 17.9. The van der Waals surface area contributed by atoms with Crippen LogP contribution in [0, 0.1) is 6.92 Å². The van der Waals surface area contributed by atoms with Crippen molar-refractivity contribution in [3.05, 3.63) is 125 Å². The molecule has 0 heterocycles. The molecular weight excluding hydrogens is 448 g/mol. The van der Waals surface area contributed by atoms with Gasteiger partial charge in [0.1, 0.15) is 0 Å². The van der Waals surface area contributed by atoms with Gasteiger partial charge in [-0.05, 0) is 47.8 Å². The van der Waals surface area contributed by atoms with Gasteiger partial charge >= 0.3 is 13.3 Å². The number of hydrogen-bond acceptors (Lipinski definition) is 2. The summed E-state index contributed by atoms with van der Waals surface area (Å²) in [6.45, 7) is 2.11. The minimum Gasteiger partial charge on any atom is -0.423 e. The van der Waals surface area contributed by atoms with E-state index in [4.69, 9.17) is 21.6 Å². The molecule has 0 radical (unpaired) electrons. The third-order valence-corrected chi connectivity index (χ3v) is 4.68. The van der Waals surface area contributed by atoms with Gasteiger partial charge < -0.3 is 10.0 Å². The van der Waals surface area contributed by atoms with Crippen molar-refractivity contribution in [2.45, 2.75) is 13.1 Å². The molecule has 170 valence electrons. The molecule has 0 spiro atoms. The van der Waals surface area contributed by atoms with Crippen LogP contribution in [-0.4, -0.2) is 17.2 Å². The fraction of sp³-hybridized carbons (Fsp3) is 0.0769. The lowest BCUT2D eigenvalue weighted by Gasteiger charge is -2.04.